The molecule has 1 aromatic carbocycles. The zero-order valence-electron chi connectivity index (χ0n) is 13.5. The van der Waals surface area contributed by atoms with E-state index in [1.165, 1.54) is 12.8 Å². The van der Waals surface area contributed by atoms with Gasteiger partial charge in [0, 0.05) is 13.0 Å². The highest BCUT2D eigenvalue weighted by atomic mass is 35.5. The largest absolute Gasteiger partial charge is 0.371 e. The fourth-order valence-electron chi connectivity index (χ4n) is 3.49. The van der Waals surface area contributed by atoms with E-state index in [1.54, 1.807) is 0 Å². The summed E-state index contributed by atoms with van der Waals surface area (Å²) in [7, 11) is 0. The van der Waals surface area contributed by atoms with E-state index < -0.39 is 0 Å². The van der Waals surface area contributed by atoms with Gasteiger partial charge in [-0.2, -0.15) is 0 Å². The van der Waals surface area contributed by atoms with Crippen molar-refractivity contribution >= 4 is 18.3 Å². The number of nitrogens with one attached hydrogen (secondary N) is 2. The number of carbonyl (C=O) groups is 1. The van der Waals surface area contributed by atoms with Gasteiger partial charge in [-0.25, -0.2) is 0 Å². The highest BCUT2D eigenvalue weighted by molar-refractivity contribution is 5.85. The van der Waals surface area contributed by atoms with Crippen molar-refractivity contribution < 1.29 is 9.53 Å². The number of hydrogen-bond acceptors (Lipinski definition) is 3. The van der Waals surface area contributed by atoms with Crippen molar-refractivity contribution in [3.63, 3.8) is 0 Å². The Balaban J connectivity index is 0.00000192. The highest BCUT2D eigenvalue weighted by Crippen LogP contribution is 2.29. The molecule has 2 unspecified atom stereocenters. The van der Waals surface area contributed by atoms with Gasteiger partial charge in [-0.05, 0) is 50.3 Å². The Labute approximate surface area is 144 Å². The number of ether oxygens (including phenoxy) is 1. The van der Waals surface area contributed by atoms with Gasteiger partial charge in [0.05, 0.1) is 6.04 Å². The van der Waals surface area contributed by atoms with Crippen LogP contribution < -0.4 is 10.6 Å². The van der Waals surface area contributed by atoms with Crippen molar-refractivity contribution in [3.05, 3.63) is 35.9 Å². The Morgan fingerprint density at radius 1 is 1.17 bits per heavy atom. The van der Waals surface area contributed by atoms with Crippen molar-refractivity contribution in [3.8, 4) is 0 Å². The summed E-state index contributed by atoms with van der Waals surface area (Å²) in [5.41, 5.74) is 1.16. The van der Waals surface area contributed by atoms with Crippen molar-refractivity contribution in [2.45, 2.75) is 44.2 Å². The van der Waals surface area contributed by atoms with Crippen LogP contribution in [-0.2, 0) is 9.53 Å². The molecule has 128 valence electrons. The first kappa shape index (κ1) is 18.2. The molecule has 4 nitrogen and oxygen atoms in total. The number of hydrogen-bond donors (Lipinski definition) is 2. The molecule has 2 heterocycles. The van der Waals surface area contributed by atoms with Crippen LogP contribution in [-0.4, -0.2) is 31.6 Å². The quantitative estimate of drug-likeness (QED) is 0.868. The monoisotopic (exact) mass is 338 g/mol. The summed E-state index contributed by atoms with van der Waals surface area (Å²) in [6.07, 6.45) is 4.96. The molecule has 0 bridgehead atoms. The molecule has 0 aromatic heterocycles. The molecule has 23 heavy (non-hydrogen) atoms. The minimum Gasteiger partial charge on any atom is -0.371 e. The topological polar surface area (TPSA) is 50.4 Å². The fourth-order valence-corrected chi connectivity index (χ4v) is 3.49. The maximum atomic E-state index is 12.2. The molecule has 0 saturated carbocycles. The molecular formula is C18H27ClN2O2. The van der Waals surface area contributed by atoms with Gasteiger partial charge in [-0.1, -0.05) is 30.3 Å². The van der Waals surface area contributed by atoms with Crippen LogP contribution in [0.1, 0.15) is 43.8 Å². The van der Waals surface area contributed by atoms with E-state index in [9.17, 15) is 4.79 Å². The summed E-state index contributed by atoms with van der Waals surface area (Å²) in [5, 5.41) is 6.56. The standard InChI is InChI=1S/C18H26N2O2.ClH/c21-17(7-6-14-8-11-19-12-9-14)20-16-10-13-22-18(16)15-4-2-1-3-5-15;/h1-5,14,16,18-19H,6-13H2,(H,20,21);1H. The first-order valence-electron chi connectivity index (χ1n) is 8.49. The van der Waals surface area contributed by atoms with Crippen molar-refractivity contribution in [1.29, 1.82) is 0 Å². The number of halogens is 1. The third kappa shape index (κ3) is 5.20. The van der Waals surface area contributed by atoms with Gasteiger partial charge < -0.3 is 15.4 Å². The summed E-state index contributed by atoms with van der Waals surface area (Å²) in [5.74, 6) is 0.881. The van der Waals surface area contributed by atoms with Crippen molar-refractivity contribution in [2.24, 2.45) is 5.92 Å². The first-order chi connectivity index (χ1) is 10.8. The van der Waals surface area contributed by atoms with Gasteiger partial charge in [0.15, 0.2) is 0 Å². The van der Waals surface area contributed by atoms with Crippen LogP contribution in [0.3, 0.4) is 0 Å². The van der Waals surface area contributed by atoms with E-state index in [1.807, 2.05) is 18.2 Å². The van der Waals surface area contributed by atoms with Crippen molar-refractivity contribution in [1.82, 2.24) is 10.6 Å². The maximum absolute atomic E-state index is 12.2. The van der Waals surface area contributed by atoms with E-state index in [0.717, 1.165) is 38.1 Å². The van der Waals surface area contributed by atoms with E-state index in [2.05, 4.69) is 22.8 Å². The van der Waals surface area contributed by atoms with Gasteiger partial charge in [0.2, 0.25) is 5.91 Å². The lowest BCUT2D eigenvalue weighted by Gasteiger charge is -2.23. The van der Waals surface area contributed by atoms with Crippen LogP contribution in [0.2, 0.25) is 0 Å². The zero-order chi connectivity index (χ0) is 15.2. The van der Waals surface area contributed by atoms with Gasteiger partial charge in [-0.3, -0.25) is 4.79 Å². The number of benzene rings is 1. The summed E-state index contributed by atoms with van der Waals surface area (Å²) in [6.45, 7) is 2.91. The molecule has 2 aliphatic rings. The molecule has 3 rings (SSSR count). The second-order valence-corrected chi connectivity index (χ2v) is 6.40. The zero-order valence-corrected chi connectivity index (χ0v) is 14.3. The number of piperidine rings is 1. The Morgan fingerprint density at radius 2 is 1.91 bits per heavy atom. The molecule has 2 N–H and O–H groups in total. The molecule has 1 aromatic rings. The lowest BCUT2D eigenvalue weighted by molar-refractivity contribution is -0.122. The second kappa shape index (κ2) is 9.26. The number of rotatable bonds is 5. The SMILES string of the molecule is Cl.O=C(CCC1CCNCC1)NC1CCOC1c1ccccc1. The summed E-state index contributed by atoms with van der Waals surface area (Å²) < 4.78 is 5.82. The van der Waals surface area contributed by atoms with Gasteiger partial charge >= 0.3 is 0 Å². The van der Waals surface area contributed by atoms with E-state index in [0.29, 0.717) is 12.3 Å². The van der Waals surface area contributed by atoms with E-state index in [-0.39, 0.29) is 30.5 Å². The molecule has 1 amide bonds. The van der Waals surface area contributed by atoms with Crippen LogP contribution in [0.4, 0.5) is 0 Å². The Hall–Kier alpha value is -1.10. The van der Waals surface area contributed by atoms with Crippen LogP contribution in [0.15, 0.2) is 30.3 Å². The molecule has 0 spiro atoms. The van der Waals surface area contributed by atoms with Gasteiger partial charge in [0.1, 0.15) is 6.10 Å². The summed E-state index contributed by atoms with van der Waals surface area (Å²) >= 11 is 0. The van der Waals surface area contributed by atoms with Crippen LogP contribution in [0, 0.1) is 5.92 Å². The van der Waals surface area contributed by atoms with E-state index >= 15 is 0 Å². The molecule has 2 atom stereocenters. The smallest absolute Gasteiger partial charge is 0.220 e. The average molecular weight is 339 g/mol. The Kier molecular flexibility index (Phi) is 7.34. The Bertz CT molecular complexity index is 477. The maximum Gasteiger partial charge on any atom is 0.220 e. The van der Waals surface area contributed by atoms with E-state index in [4.69, 9.17) is 4.74 Å². The predicted octanol–water partition coefficient (Wildman–Crippen LogP) is 2.83. The minimum absolute atomic E-state index is 0. The fraction of sp³-hybridized carbons (Fsp3) is 0.611. The predicted molar refractivity (Wildman–Crippen MR) is 93.8 cm³/mol. The molecule has 0 aliphatic carbocycles. The lowest BCUT2D eigenvalue weighted by Crippen LogP contribution is -2.37. The van der Waals surface area contributed by atoms with Crippen LogP contribution in [0.25, 0.3) is 0 Å². The second-order valence-electron chi connectivity index (χ2n) is 6.40. The molecule has 2 saturated heterocycles. The Morgan fingerprint density at radius 3 is 2.65 bits per heavy atom. The van der Waals surface area contributed by atoms with Crippen molar-refractivity contribution in [2.75, 3.05) is 19.7 Å². The molecular weight excluding hydrogens is 312 g/mol. The van der Waals surface area contributed by atoms with Crippen LogP contribution >= 0.6 is 12.4 Å². The van der Waals surface area contributed by atoms with Crippen LogP contribution in [0.5, 0.6) is 0 Å². The van der Waals surface area contributed by atoms with Gasteiger partial charge in [-0.15, -0.1) is 12.4 Å². The molecule has 5 heteroatoms. The third-order valence-electron chi connectivity index (χ3n) is 4.80. The first-order valence-corrected chi connectivity index (χ1v) is 8.49. The summed E-state index contributed by atoms with van der Waals surface area (Å²) in [4.78, 5) is 12.2. The normalized spacial score (nSPS) is 24.9. The number of amides is 1. The average Bonchev–Trinajstić information content (AvgIpc) is 3.03. The lowest BCUT2D eigenvalue weighted by atomic mass is 9.93. The third-order valence-corrected chi connectivity index (χ3v) is 4.80. The highest BCUT2D eigenvalue weighted by Gasteiger charge is 2.30. The molecule has 0 radical (unpaired) electrons. The number of carbonyl (C=O) groups excluding carboxylic acids is 1. The molecule has 2 fully saturated rings. The summed E-state index contributed by atoms with van der Waals surface area (Å²) in [6, 6.07) is 10.3. The van der Waals surface area contributed by atoms with Gasteiger partial charge in [0.25, 0.3) is 0 Å². The molecule has 2 aliphatic heterocycles. The minimum atomic E-state index is 0.